The predicted octanol–water partition coefficient (Wildman–Crippen LogP) is 1.15. The Morgan fingerprint density at radius 3 is 2.53 bits per heavy atom. The SMILES string of the molecule is CCN(CC)C(=O)NCCSCCCO. The number of nitrogens with zero attached hydrogens (tertiary/aromatic N) is 1. The van der Waals surface area contributed by atoms with Gasteiger partial charge in [-0.1, -0.05) is 0 Å². The molecular weight excluding hydrogens is 212 g/mol. The number of aliphatic hydroxyl groups excluding tert-OH is 1. The van der Waals surface area contributed by atoms with Crippen LogP contribution in [0.4, 0.5) is 4.79 Å². The zero-order valence-electron chi connectivity index (χ0n) is 9.66. The molecule has 0 spiro atoms. The fraction of sp³-hybridized carbons (Fsp3) is 0.900. The number of urea groups is 1. The second kappa shape index (κ2) is 10.1. The number of amides is 2. The molecule has 0 rings (SSSR count). The van der Waals surface area contributed by atoms with E-state index < -0.39 is 0 Å². The molecule has 0 unspecified atom stereocenters. The lowest BCUT2D eigenvalue weighted by Crippen LogP contribution is -2.40. The summed E-state index contributed by atoms with van der Waals surface area (Å²) in [6, 6.07) is 0.0164. The molecular formula is C10H22N2O2S. The van der Waals surface area contributed by atoms with Gasteiger partial charge in [0.25, 0.3) is 0 Å². The van der Waals surface area contributed by atoms with E-state index in [-0.39, 0.29) is 12.6 Å². The number of hydrogen-bond acceptors (Lipinski definition) is 3. The number of rotatable bonds is 8. The van der Waals surface area contributed by atoms with Crippen LogP contribution in [0.2, 0.25) is 0 Å². The standard InChI is InChI=1S/C10H22N2O2S/c1-3-12(4-2)10(14)11-6-9-15-8-5-7-13/h13H,3-9H2,1-2H3,(H,11,14). The average Bonchev–Trinajstić information content (AvgIpc) is 2.25. The number of aliphatic hydroxyl groups is 1. The Morgan fingerprint density at radius 1 is 1.33 bits per heavy atom. The number of hydrogen-bond donors (Lipinski definition) is 2. The molecule has 0 bridgehead atoms. The summed E-state index contributed by atoms with van der Waals surface area (Å²) >= 11 is 1.75. The topological polar surface area (TPSA) is 52.6 Å². The Kier molecular flexibility index (Phi) is 9.83. The van der Waals surface area contributed by atoms with Crippen LogP contribution in [0.25, 0.3) is 0 Å². The quantitative estimate of drug-likeness (QED) is 0.620. The van der Waals surface area contributed by atoms with E-state index in [0.29, 0.717) is 6.54 Å². The lowest BCUT2D eigenvalue weighted by atomic mass is 10.5. The Morgan fingerprint density at radius 2 is 2.00 bits per heavy atom. The zero-order chi connectivity index (χ0) is 11.5. The molecule has 0 radical (unpaired) electrons. The molecule has 0 aromatic rings. The van der Waals surface area contributed by atoms with E-state index >= 15 is 0 Å². The van der Waals surface area contributed by atoms with Gasteiger partial charge >= 0.3 is 6.03 Å². The predicted molar refractivity (Wildman–Crippen MR) is 65.3 cm³/mol. The maximum atomic E-state index is 11.5. The molecule has 5 heteroatoms. The molecule has 0 saturated heterocycles. The normalized spacial score (nSPS) is 10.1. The average molecular weight is 234 g/mol. The van der Waals surface area contributed by atoms with Crippen molar-refractivity contribution in [3.63, 3.8) is 0 Å². The van der Waals surface area contributed by atoms with Gasteiger partial charge in [-0.15, -0.1) is 0 Å². The molecule has 0 aliphatic carbocycles. The minimum Gasteiger partial charge on any atom is -0.396 e. The fourth-order valence-corrected chi connectivity index (χ4v) is 1.91. The molecule has 0 aliphatic rings. The van der Waals surface area contributed by atoms with Crippen LogP contribution in [-0.2, 0) is 0 Å². The smallest absolute Gasteiger partial charge is 0.317 e. The largest absolute Gasteiger partial charge is 0.396 e. The van der Waals surface area contributed by atoms with E-state index in [4.69, 9.17) is 5.11 Å². The minimum absolute atomic E-state index is 0.0164. The third-order valence-corrected chi connectivity index (χ3v) is 3.09. The van der Waals surface area contributed by atoms with Crippen molar-refractivity contribution in [2.45, 2.75) is 20.3 Å². The Bertz CT molecular complexity index is 164. The Labute approximate surface area is 96.4 Å². The summed E-state index contributed by atoms with van der Waals surface area (Å²) in [6.45, 7) is 6.39. The van der Waals surface area contributed by atoms with Crippen LogP contribution in [0, 0.1) is 0 Å². The highest BCUT2D eigenvalue weighted by Gasteiger charge is 2.06. The summed E-state index contributed by atoms with van der Waals surface area (Å²) in [5.41, 5.74) is 0. The van der Waals surface area contributed by atoms with Crippen LogP contribution in [0.1, 0.15) is 20.3 Å². The van der Waals surface area contributed by atoms with Gasteiger partial charge in [-0.3, -0.25) is 0 Å². The van der Waals surface area contributed by atoms with E-state index in [2.05, 4.69) is 5.32 Å². The highest BCUT2D eigenvalue weighted by Crippen LogP contribution is 2.00. The first-order chi connectivity index (χ1) is 7.26. The van der Waals surface area contributed by atoms with Crippen molar-refractivity contribution >= 4 is 17.8 Å². The fourth-order valence-electron chi connectivity index (χ4n) is 1.12. The molecule has 0 aromatic heterocycles. The first-order valence-electron chi connectivity index (χ1n) is 5.47. The van der Waals surface area contributed by atoms with Gasteiger partial charge < -0.3 is 15.3 Å². The lowest BCUT2D eigenvalue weighted by Gasteiger charge is -2.18. The van der Waals surface area contributed by atoms with Crippen LogP contribution in [0.5, 0.6) is 0 Å². The van der Waals surface area contributed by atoms with Crippen molar-refractivity contribution in [2.24, 2.45) is 0 Å². The van der Waals surface area contributed by atoms with Gasteiger partial charge in [0, 0.05) is 32.0 Å². The van der Waals surface area contributed by atoms with Crippen LogP contribution in [0.15, 0.2) is 0 Å². The molecule has 2 amide bonds. The van der Waals surface area contributed by atoms with Gasteiger partial charge in [0.05, 0.1) is 0 Å². The second-order valence-corrected chi connectivity index (χ2v) is 4.32. The van der Waals surface area contributed by atoms with Gasteiger partial charge in [-0.05, 0) is 26.0 Å². The van der Waals surface area contributed by atoms with E-state index in [9.17, 15) is 4.79 Å². The second-order valence-electron chi connectivity index (χ2n) is 3.09. The maximum Gasteiger partial charge on any atom is 0.317 e. The van der Waals surface area contributed by atoms with Crippen molar-refractivity contribution in [3.05, 3.63) is 0 Å². The third kappa shape index (κ3) is 7.50. The molecule has 90 valence electrons. The van der Waals surface area contributed by atoms with Gasteiger partial charge in [-0.25, -0.2) is 4.79 Å². The highest BCUT2D eigenvalue weighted by molar-refractivity contribution is 7.99. The van der Waals surface area contributed by atoms with E-state index in [1.807, 2.05) is 13.8 Å². The van der Waals surface area contributed by atoms with Crippen molar-refractivity contribution in [3.8, 4) is 0 Å². The number of nitrogens with one attached hydrogen (secondary N) is 1. The van der Waals surface area contributed by atoms with Crippen LogP contribution < -0.4 is 5.32 Å². The maximum absolute atomic E-state index is 11.5. The minimum atomic E-state index is 0.0164. The molecule has 0 heterocycles. The van der Waals surface area contributed by atoms with Crippen molar-refractivity contribution in [1.29, 1.82) is 0 Å². The third-order valence-electron chi connectivity index (χ3n) is 2.02. The van der Waals surface area contributed by atoms with Crippen LogP contribution in [-0.4, -0.2) is 53.8 Å². The summed E-state index contributed by atoms with van der Waals surface area (Å²) in [6.07, 6.45) is 0.828. The molecule has 2 N–H and O–H groups in total. The van der Waals surface area contributed by atoms with Crippen molar-refractivity contribution < 1.29 is 9.90 Å². The summed E-state index contributed by atoms with van der Waals surface area (Å²) in [4.78, 5) is 13.2. The summed E-state index contributed by atoms with van der Waals surface area (Å²) in [7, 11) is 0. The first-order valence-corrected chi connectivity index (χ1v) is 6.63. The molecule has 0 saturated carbocycles. The van der Waals surface area contributed by atoms with E-state index in [1.165, 1.54) is 0 Å². The first kappa shape index (κ1) is 14.6. The van der Waals surface area contributed by atoms with E-state index in [1.54, 1.807) is 16.7 Å². The molecule has 0 aromatic carbocycles. The zero-order valence-corrected chi connectivity index (χ0v) is 10.5. The molecule has 0 aliphatic heterocycles. The summed E-state index contributed by atoms with van der Waals surface area (Å²) in [5, 5.41) is 11.4. The Hall–Kier alpha value is -0.420. The summed E-state index contributed by atoms with van der Waals surface area (Å²) in [5.74, 6) is 1.87. The number of carbonyl (C=O) groups is 1. The molecule has 0 fully saturated rings. The van der Waals surface area contributed by atoms with Crippen molar-refractivity contribution in [1.82, 2.24) is 10.2 Å². The molecule has 4 nitrogen and oxygen atoms in total. The lowest BCUT2D eigenvalue weighted by molar-refractivity contribution is 0.204. The number of carbonyl (C=O) groups excluding carboxylic acids is 1. The van der Waals surface area contributed by atoms with Gasteiger partial charge in [0.2, 0.25) is 0 Å². The summed E-state index contributed by atoms with van der Waals surface area (Å²) < 4.78 is 0. The Balaban J connectivity index is 3.38. The van der Waals surface area contributed by atoms with Crippen molar-refractivity contribution in [2.75, 3.05) is 37.7 Å². The van der Waals surface area contributed by atoms with Gasteiger partial charge in [0.15, 0.2) is 0 Å². The van der Waals surface area contributed by atoms with E-state index in [0.717, 1.165) is 31.0 Å². The molecule has 15 heavy (non-hydrogen) atoms. The number of thioether (sulfide) groups is 1. The van der Waals surface area contributed by atoms with Gasteiger partial charge in [-0.2, -0.15) is 11.8 Å². The monoisotopic (exact) mass is 234 g/mol. The van der Waals surface area contributed by atoms with Crippen LogP contribution in [0.3, 0.4) is 0 Å². The highest BCUT2D eigenvalue weighted by atomic mass is 32.2. The van der Waals surface area contributed by atoms with Gasteiger partial charge in [0.1, 0.15) is 0 Å². The van der Waals surface area contributed by atoms with Crippen LogP contribution >= 0.6 is 11.8 Å². The molecule has 0 atom stereocenters.